The summed E-state index contributed by atoms with van der Waals surface area (Å²) in [5.74, 6) is -1.57. The maximum atomic E-state index is 11.4. The van der Waals surface area contributed by atoms with Gasteiger partial charge in [-0.2, -0.15) is 0 Å². The summed E-state index contributed by atoms with van der Waals surface area (Å²) < 4.78 is 0. The molecule has 17 heavy (non-hydrogen) atoms. The second kappa shape index (κ2) is 8.95. The normalized spacial score (nSPS) is 14.1. The lowest BCUT2D eigenvalue weighted by Crippen LogP contribution is -2.47. The first-order chi connectivity index (χ1) is 7.99. The maximum absolute atomic E-state index is 11.4. The number of carboxylic acids is 1. The Bertz CT molecular complexity index is 244. The van der Waals surface area contributed by atoms with Gasteiger partial charge < -0.3 is 21.3 Å². The molecule has 0 saturated carbocycles. The van der Waals surface area contributed by atoms with Crippen LogP contribution in [0, 0.1) is 0 Å². The van der Waals surface area contributed by atoms with Crippen LogP contribution in [-0.2, 0) is 9.59 Å². The first kappa shape index (κ1) is 15.9. The van der Waals surface area contributed by atoms with Gasteiger partial charge in [-0.25, -0.2) is 4.79 Å². The van der Waals surface area contributed by atoms with Gasteiger partial charge in [0.05, 0.1) is 6.10 Å². The number of unbranched alkanes of at least 4 members (excludes halogenated alkanes) is 3. The van der Waals surface area contributed by atoms with Crippen LogP contribution in [0.5, 0.6) is 0 Å². The largest absolute Gasteiger partial charge is 0.480 e. The van der Waals surface area contributed by atoms with Gasteiger partial charge in [-0.15, -0.1) is 0 Å². The van der Waals surface area contributed by atoms with Crippen molar-refractivity contribution in [2.24, 2.45) is 5.73 Å². The number of aliphatic hydroxyl groups excluding tert-OH is 1. The van der Waals surface area contributed by atoms with Crippen LogP contribution in [0.4, 0.5) is 0 Å². The van der Waals surface area contributed by atoms with E-state index in [0.717, 1.165) is 19.3 Å². The number of carbonyl (C=O) groups is 2. The molecule has 6 heteroatoms. The second-order valence-corrected chi connectivity index (χ2v) is 4.08. The van der Waals surface area contributed by atoms with Gasteiger partial charge >= 0.3 is 5.97 Å². The van der Waals surface area contributed by atoms with E-state index in [-0.39, 0.29) is 12.3 Å². The van der Waals surface area contributed by atoms with Crippen LogP contribution in [0.3, 0.4) is 0 Å². The summed E-state index contributed by atoms with van der Waals surface area (Å²) in [5, 5.41) is 20.2. The average molecular weight is 246 g/mol. The van der Waals surface area contributed by atoms with E-state index in [1.807, 2.05) is 0 Å². The van der Waals surface area contributed by atoms with Gasteiger partial charge in [0, 0.05) is 6.42 Å². The molecule has 0 aromatic carbocycles. The van der Waals surface area contributed by atoms with Crippen molar-refractivity contribution in [3.05, 3.63) is 0 Å². The number of rotatable bonds is 9. The fraction of sp³-hybridized carbons (Fsp3) is 0.818. The smallest absolute Gasteiger partial charge is 0.328 e. The minimum atomic E-state index is -1.23. The summed E-state index contributed by atoms with van der Waals surface area (Å²) >= 11 is 0. The monoisotopic (exact) mass is 246 g/mol. The van der Waals surface area contributed by atoms with E-state index in [1.165, 1.54) is 6.92 Å². The highest BCUT2D eigenvalue weighted by Crippen LogP contribution is 2.03. The fourth-order valence-electron chi connectivity index (χ4n) is 1.42. The molecule has 0 spiro atoms. The van der Waals surface area contributed by atoms with Gasteiger partial charge in [0.2, 0.25) is 5.91 Å². The highest BCUT2D eigenvalue weighted by Gasteiger charge is 2.24. The second-order valence-electron chi connectivity index (χ2n) is 4.08. The number of hydrogen-bond donors (Lipinski definition) is 4. The van der Waals surface area contributed by atoms with E-state index < -0.39 is 18.1 Å². The predicted molar refractivity (Wildman–Crippen MR) is 63.4 cm³/mol. The molecular weight excluding hydrogens is 224 g/mol. The molecule has 0 aliphatic carbocycles. The molecule has 1 amide bonds. The highest BCUT2D eigenvalue weighted by atomic mass is 16.4. The number of aliphatic carboxylic acids is 1. The lowest BCUT2D eigenvalue weighted by Gasteiger charge is -2.16. The standard InChI is InChI=1S/C11H22N2O4/c1-8(14)10(11(16)17)13-9(15)6-4-2-3-5-7-12/h8,10,14H,2-7,12H2,1H3,(H,13,15)(H,16,17)/t8-,10+/m1/s1. The molecule has 0 heterocycles. The van der Waals surface area contributed by atoms with E-state index in [4.69, 9.17) is 15.9 Å². The molecule has 5 N–H and O–H groups in total. The molecule has 6 nitrogen and oxygen atoms in total. The Morgan fingerprint density at radius 1 is 1.24 bits per heavy atom. The Labute approximate surface area is 101 Å². The minimum absolute atomic E-state index is 0.279. The summed E-state index contributed by atoms with van der Waals surface area (Å²) in [5.41, 5.74) is 5.33. The van der Waals surface area contributed by atoms with Crippen LogP contribution >= 0.6 is 0 Å². The summed E-state index contributed by atoms with van der Waals surface area (Å²) in [7, 11) is 0. The molecule has 0 aliphatic heterocycles. The van der Waals surface area contributed by atoms with Crippen molar-refractivity contribution < 1.29 is 19.8 Å². The van der Waals surface area contributed by atoms with E-state index in [1.54, 1.807) is 0 Å². The van der Waals surface area contributed by atoms with Crippen LogP contribution < -0.4 is 11.1 Å². The number of carbonyl (C=O) groups excluding carboxylic acids is 1. The van der Waals surface area contributed by atoms with E-state index >= 15 is 0 Å². The summed E-state index contributed by atoms with van der Waals surface area (Å²) in [6.07, 6.45) is 2.69. The molecule has 0 fully saturated rings. The third kappa shape index (κ3) is 7.70. The molecule has 0 aromatic rings. The molecule has 0 bridgehead atoms. The van der Waals surface area contributed by atoms with Gasteiger partial charge in [-0.1, -0.05) is 12.8 Å². The molecule has 2 atom stereocenters. The van der Waals surface area contributed by atoms with Crippen molar-refractivity contribution in [3.63, 3.8) is 0 Å². The van der Waals surface area contributed by atoms with Gasteiger partial charge in [-0.3, -0.25) is 4.79 Å². The van der Waals surface area contributed by atoms with Crippen LogP contribution in [-0.4, -0.2) is 40.8 Å². The van der Waals surface area contributed by atoms with Crippen molar-refractivity contribution >= 4 is 11.9 Å². The van der Waals surface area contributed by atoms with Crippen molar-refractivity contribution in [1.82, 2.24) is 5.32 Å². The Balaban J connectivity index is 3.80. The van der Waals surface area contributed by atoms with Crippen LogP contribution in [0.15, 0.2) is 0 Å². The van der Waals surface area contributed by atoms with Crippen LogP contribution in [0.1, 0.15) is 39.0 Å². The molecule has 0 rings (SSSR count). The molecule has 0 saturated heterocycles. The Morgan fingerprint density at radius 3 is 2.29 bits per heavy atom. The minimum Gasteiger partial charge on any atom is -0.480 e. The molecule has 0 aliphatic rings. The number of hydrogen-bond acceptors (Lipinski definition) is 4. The number of nitrogens with one attached hydrogen (secondary N) is 1. The topological polar surface area (TPSA) is 113 Å². The van der Waals surface area contributed by atoms with Crippen molar-refractivity contribution in [1.29, 1.82) is 0 Å². The fourth-order valence-corrected chi connectivity index (χ4v) is 1.42. The summed E-state index contributed by atoms with van der Waals surface area (Å²) in [6, 6.07) is -1.23. The SMILES string of the molecule is C[C@@H](O)[C@H](NC(=O)CCCCCCN)C(=O)O. The molecule has 0 aromatic heterocycles. The zero-order valence-corrected chi connectivity index (χ0v) is 10.2. The lowest BCUT2D eigenvalue weighted by atomic mass is 10.1. The third-order valence-corrected chi connectivity index (χ3v) is 2.42. The van der Waals surface area contributed by atoms with E-state index in [0.29, 0.717) is 13.0 Å². The molecule has 0 unspecified atom stereocenters. The highest BCUT2D eigenvalue weighted by molar-refractivity contribution is 5.83. The van der Waals surface area contributed by atoms with Crippen LogP contribution in [0.2, 0.25) is 0 Å². The Hall–Kier alpha value is -1.14. The van der Waals surface area contributed by atoms with Crippen molar-refractivity contribution in [2.75, 3.05) is 6.54 Å². The molecular formula is C11H22N2O4. The van der Waals surface area contributed by atoms with Gasteiger partial charge in [-0.05, 0) is 26.3 Å². The van der Waals surface area contributed by atoms with Gasteiger partial charge in [0.15, 0.2) is 6.04 Å². The lowest BCUT2D eigenvalue weighted by molar-refractivity contribution is -0.144. The number of nitrogens with two attached hydrogens (primary N) is 1. The third-order valence-electron chi connectivity index (χ3n) is 2.42. The Morgan fingerprint density at radius 2 is 1.82 bits per heavy atom. The van der Waals surface area contributed by atoms with Crippen molar-refractivity contribution in [3.8, 4) is 0 Å². The zero-order valence-electron chi connectivity index (χ0n) is 10.2. The van der Waals surface area contributed by atoms with E-state index in [9.17, 15) is 9.59 Å². The first-order valence-electron chi connectivity index (χ1n) is 5.89. The molecule has 100 valence electrons. The molecule has 0 radical (unpaired) electrons. The van der Waals surface area contributed by atoms with Crippen LogP contribution in [0.25, 0.3) is 0 Å². The summed E-state index contributed by atoms with van der Waals surface area (Å²) in [6.45, 7) is 1.98. The van der Waals surface area contributed by atoms with Gasteiger partial charge in [0.25, 0.3) is 0 Å². The Kier molecular flexibility index (Phi) is 8.35. The predicted octanol–water partition coefficient (Wildman–Crippen LogP) is -0.154. The van der Waals surface area contributed by atoms with Gasteiger partial charge in [0.1, 0.15) is 0 Å². The zero-order chi connectivity index (χ0) is 13.3. The quantitative estimate of drug-likeness (QED) is 0.422. The number of carboxylic acid groups (broad SMARTS) is 1. The average Bonchev–Trinajstić information content (AvgIpc) is 2.24. The maximum Gasteiger partial charge on any atom is 0.328 e. The first-order valence-corrected chi connectivity index (χ1v) is 5.89. The van der Waals surface area contributed by atoms with E-state index in [2.05, 4.69) is 5.32 Å². The number of amides is 1. The summed E-state index contributed by atoms with van der Waals surface area (Å²) in [4.78, 5) is 22.1. The van der Waals surface area contributed by atoms with Crippen molar-refractivity contribution in [2.45, 2.75) is 51.2 Å². The number of aliphatic hydroxyl groups is 1.